The molecule has 1 amide bonds. The Morgan fingerprint density at radius 1 is 1.10 bits per heavy atom. The summed E-state index contributed by atoms with van der Waals surface area (Å²) in [6.07, 6.45) is 5.13. The van der Waals surface area contributed by atoms with Gasteiger partial charge in [-0.25, -0.2) is 0 Å². The van der Waals surface area contributed by atoms with Crippen LogP contribution in [0.2, 0.25) is 0 Å². The fourth-order valence-corrected chi connectivity index (χ4v) is 1.83. The van der Waals surface area contributed by atoms with E-state index in [1.807, 2.05) is 13.8 Å². The lowest BCUT2D eigenvalue weighted by atomic mass is 10.1. The molecule has 0 unspecified atom stereocenters. The van der Waals surface area contributed by atoms with Gasteiger partial charge in [-0.05, 0) is 12.8 Å². The molecule has 1 N–H and O–H groups in total. The maximum Gasteiger partial charge on any atom is 0.305 e. The van der Waals surface area contributed by atoms with E-state index in [1.54, 1.807) is 11.9 Å². The normalized spacial score (nSPS) is 10.7. The van der Waals surface area contributed by atoms with E-state index in [-0.39, 0.29) is 31.0 Å². The highest BCUT2D eigenvalue weighted by Gasteiger charge is 2.13. The van der Waals surface area contributed by atoms with E-state index in [0.29, 0.717) is 13.0 Å². The predicted molar refractivity (Wildman–Crippen MR) is 78.2 cm³/mol. The van der Waals surface area contributed by atoms with E-state index in [9.17, 15) is 9.59 Å². The summed E-state index contributed by atoms with van der Waals surface area (Å²) >= 11 is 0. The molecule has 0 aromatic carbocycles. The Morgan fingerprint density at radius 2 is 1.70 bits per heavy atom. The number of esters is 1. The van der Waals surface area contributed by atoms with E-state index in [0.717, 1.165) is 32.1 Å². The van der Waals surface area contributed by atoms with E-state index in [2.05, 4.69) is 0 Å². The Labute approximate surface area is 122 Å². The highest BCUT2D eigenvalue weighted by Crippen LogP contribution is 2.06. The van der Waals surface area contributed by atoms with Gasteiger partial charge >= 0.3 is 5.97 Å². The molecule has 0 rings (SSSR count). The van der Waals surface area contributed by atoms with Crippen LogP contribution in [0.3, 0.4) is 0 Å². The molecule has 0 spiro atoms. The lowest BCUT2D eigenvalue weighted by Crippen LogP contribution is -2.33. The topological polar surface area (TPSA) is 66.8 Å². The van der Waals surface area contributed by atoms with Crippen molar-refractivity contribution in [3.8, 4) is 0 Å². The van der Waals surface area contributed by atoms with Gasteiger partial charge in [0.25, 0.3) is 0 Å². The van der Waals surface area contributed by atoms with Crippen LogP contribution in [0.25, 0.3) is 0 Å². The van der Waals surface area contributed by atoms with Crippen molar-refractivity contribution in [2.45, 2.75) is 52.4 Å². The summed E-state index contributed by atoms with van der Waals surface area (Å²) in [5, 5.41) is 8.62. The number of carbonyl (C=O) groups excluding carboxylic acids is 2. The van der Waals surface area contributed by atoms with Crippen LogP contribution in [-0.4, -0.2) is 48.7 Å². The Kier molecular flexibility index (Phi) is 11.1. The highest BCUT2D eigenvalue weighted by molar-refractivity contribution is 5.77. The van der Waals surface area contributed by atoms with Crippen LogP contribution in [0.4, 0.5) is 0 Å². The third-order valence-corrected chi connectivity index (χ3v) is 3.10. The standard InChI is InChI=1S/C15H29NO4/c1-13(2)15(19)16(3)10-12-20-14(18)9-7-5-4-6-8-11-17/h13,17H,4-12H2,1-3H3. The van der Waals surface area contributed by atoms with Crippen LogP contribution in [0.5, 0.6) is 0 Å². The molecule has 5 heteroatoms. The molecule has 0 aliphatic carbocycles. The number of hydrogen-bond acceptors (Lipinski definition) is 4. The van der Waals surface area contributed by atoms with Gasteiger partial charge in [-0.1, -0.05) is 33.1 Å². The van der Waals surface area contributed by atoms with Gasteiger partial charge in [0.15, 0.2) is 0 Å². The Hall–Kier alpha value is -1.10. The maximum absolute atomic E-state index is 11.6. The third-order valence-electron chi connectivity index (χ3n) is 3.10. The molecule has 0 heterocycles. The van der Waals surface area contributed by atoms with Gasteiger partial charge in [-0.15, -0.1) is 0 Å². The molecular weight excluding hydrogens is 258 g/mol. The molecule has 5 nitrogen and oxygen atoms in total. The van der Waals surface area contributed by atoms with E-state index < -0.39 is 0 Å². The molecule has 0 aromatic rings. The molecule has 0 bridgehead atoms. The zero-order chi connectivity index (χ0) is 15.4. The zero-order valence-electron chi connectivity index (χ0n) is 13.1. The van der Waals surface area contributed by atoms with Gasteiger partial charge in [0.2, 0.25) is 5.91 Å². The minimum Gasteiger partial charge on any atom is -0.464 e. The number of carbonyl (C=O) groups is 2. The van der Waals surface area contributed by atoms with Crippen LogP contribution in [0, 0.1) is 5.92 Å². The predicted octanol–water partition coefficient (Wildman–Crippen LogP) is 1.98. The van der Waals surface area contributed by atoms with Gasteiger partial charge in [0.1, 0.15) is 6.61 Å². The second-order valence-electron chi connectivity index (χ2n) is 5.38. The summed E-state index contributed by atoms with van der Waals surface area (Å²) in [6.45, 7) is 4.64. The van der Waals surface area contributed by atoms with E-state index in [1.165, 1.54) is 0 Å². The molecule has 0 aliphatic rings. The average molecular weight is 287 g/mol. The number of nitrogens with zero attached hydrogens (tertiary/aromatic N) is 1. The van der Waals surface area contributed by atoms with Crippen molar-refractivity contribution in [1.29, 1.82) is 0 Å². The fourth-order valence-electron chi connectivity index (χ4n) is 1.83. The van der Waals surface area contributed by atoms with Crippen molar-refractivity contribution in [2.75, 3.05) is 26.8 Å². The van der Waals surface area contributed by atoms with Crippen molar-refractivity contribution in [3.05, 3.63) is 0 Å². The number of unbranched alkanes of at least 4 members (excludes halogenated alkanes) is 4. The first-order valence-corrected chi connectivity index (χ1v) is 7.50. The van der Waals surface area contributed by atoms with Crippen molar-refractivity contribution < 1.29 is 19.4 Å². The molecule has 0 atom stereocenters. The molecule has 0 radical (unpaired) electrons. The van der Waals surface area contributed by atoms with Crippen LogP contribution in [-0.2, 0) is 14.3 Å². The summed E-state index contributed by atoms with van der Waals surface area (Å²) in [5.41, 5.74) is 0. The molecule has 0 saturated carbocycles. The van der Waals surface area contributed by atoms with Crippen LogP contribution in [0.1, 0.15) is 52.4 Å². The Balaban J connectivity index is 3.52. The van der Waals surface area contributed by atoms with Crippen molar-refractivity contribution >= 4 is 11.9 Å². The zero-order valence-corrected chi connectivity index (χ0v) is 13.1. The minimum atomic E-state index is -0.197. The molecule has 0 aliphatic heterocycles. The first-order chi connectivity index (χ1) is 9.49. The number of hydrogen-bond donors (Lipinski definition) is 1. The summed E-state index contributed by atoms with van der Waals surface area (Å²) in [6, 6.07) is 0. The summed E-state index contributed by atoms with van der Waals surface area (Å²) in [7, 11) is 1.72. The molecule has 20 heavy (non-hydrogen) atoms. The largest absolute Gasteiger partial charge is 0.464 e. The third kappa shape index (κ3) is 9.78. The molecule has 118 valence electrons. The number of aliphatic hydroxyl groups is 1. The summed E-state index contributed by atoms with van der Waals surface area (Å²) < 4.78 is 5.10. The average Bonchev–Trinajstić information content (AvgIpc) is 2.41. The number of likely N-dealkylation sites (N-methyl/N-ethyl adjacent to an activating group) is 1. The molecular formula is C15H29NO4. The van der Waals surface area contributed by atoms with Gasteiger partial charge in [-0.3, -0.25) is 9.59 Å². The first-order valence-electron chi connectivity index (χ1n) is 7.50. The smallest absolute Gasteiger partial charge is 0.305 e. The van der Waals surface area contributed by atoms with Gasteiger partial charge < -0.3 is 14.7 Å². The fraction of sp³-hybridized carbons (Fsp3) is 0.867. The SMILES string of the molecule is CC(C)C(=O)N(C)CCOC(=O)CCCCCCCO. The van der Waals surface area contributed by atoms with Crippen LogP contribution >= 0.6 is 0 Å². The number of rotatable bonds is 11. The van der Waals surface area contributed by atoms with E-state index >= 15 is 0 Å². The molecule has 0 fully saturated rings. The molecule has 0 saturated heterocycles. The van der Waals surface area contributed by atoms with Crippen LogP contribution < -0.4 is 0 Å². The van der Waals surface area contributed by atoms with Crippen molar-refractivity contribution in [2.24, 2.45) is 5.92 Å². The van der Waals surface area contributed by atoms with Crippen molar-refractivity contribution in [1.82, 2.24) is 4.90 Å². The molecule has 0 aromatic heterocycles. The van der Waals surface area contributed by atoms with Crippen LogP contribution in [0.15, 0.2) is 0 Å². The quantitative estimate of drug-likeness (QED) is 0.466. The number of amides is 1. The minimum absolute atomic E-state index is 0.0328. The Bertz CT molecular complexity index is 279. The van der Waals surface area contributed by atoms with Gasteiger partial charge in [-0.2, -0.15) is 0 Å². The monoisotopic (exact) mass is 287 g/mol. The van der Waals surface area contributed by atoms with Gasteiger partial charge in [0.05, 0.1) is 6.54 Å². The lowest BCUT2D eigenvalue weighted by Gasteiger charge is -2.19. The van der Waals surface area contributed by atoms with Crippen molar-refractivity contribution in [3.63, 3.8) is 0 Å². The summed E-state index contributed by atoms with van der Waals surface area (Å²) in [4.78, 5) is 24.6. The highest BCUT2D eigenvalue weighted by atomic mass is 16.5. The summed E-state index contributed by atoms with van der Waals surface area (Å²) in [5.74, 6) is -0.169. The maximum atomic E-state index is 11.6. The van der Waals surface area contributed by atoms with E-state index in [4.69, 9.17) is 9.84 Å². The first kappa shape index (κ1) is 18.9. The Morgan fingerprint density at radius 3 is 2.30 bits per heavy atom. The number of ether oxygens (including phenoxy) is 1. The lowest BCUT2D eigenvalue weighted by molar-refractivity contribution is -0.146. The second kappa shape index (κ2) is 11.7. The number of aliphatic hydroxyl groups excluding tert-OH is 1. The second-order valence-corrected chi connectivity index (χ2v) is 5.38. The van der Waals surface area contributed by atoms with Gasteiger partial charge in [0, 0.05) is 26.0 Å².